The third-order valence-corrected chi connectivity index (χ3v) is 4.20. The molecule has 1 unspecified atom stereocenters. The van der Waals surface area contributed by atoms with Crippen molar-refractivity contribution in [2.24, 2.45) is 0 Å². The fourth-order valence-electron chi connectivity index (χ4n) is 1.34. The Kier molecular flexibility index (Phi) is 3.86. The molecule has 1 aromatic heterocycles. The molecule has 0 spiro atoms. The second-order valence-electron chi connectivity index (χ2n) is 3.55. The van der Waals surface area contributed by atoms with Gasteiger partial charge in [-0.15, -0.1) is 10.2 Å². The van der Waals surface area contributed by atoms with E-state index in [0.717, 1.165) is 5.01 Å². The zero-order chi connectivity index (χ0) is 12.4. The molecule has 0 radical (unpaired) electrons. The van der Waals surface area contributed by atoms with Crippen LogP contribution in [0.3, 0.4) is 0 Å². The maximum Gasteiger partial charge on any atom is 0.151 e. The van der Waals surface area contributed by atoms with Crippen LogP contribution in [0.5, 0.6) is 0 Å². The van der Waals surface area contributed by atoms with Gasteiger partial charge in [0.25, 0.3) is 0 Å². The number of nitrogens with zero attached hydrogens (tertiary/aromatic N) is 2. The molecule has 0 amide bonds. The van der Waals surface area contributed by atoms with Gasteiger partial charge >= 0.3 is 0 Å². The highest BCUT2D eigenvalue weighted by Gasteiger charge is 2.16. The molecular formula is C11H11BrFN3S. The summed E-state index contributed by atoms with van der Waals surface area (Å²) in [5.41, 5.74) is 0.472. The Balaban J connectivity index is 2.44. The number of aromatic nitrogens is 2. The average molecular weight is 316 g/mol. The first-order chi connectivity index (χ1) is 8.13. The quantitative estimate of drug-likeness (QED) is 0.943. The van der Waals surface area contributed by atoms with Crippen molar-refractivity contribution in [3.05, 3.63) is 33.5 Å². The molecule has 3 nitrogen and oxygen atoms in total. The lowest BCUT2D eigenvalue weighted by Gasteiger charge is -2.03. The monoisotopic (exact) mass is 315 g/mol. The molecule has 90 valence electrons. The van der Waals surface area contributed by atoms with Crippen molar-refractivity contribution in [1.82, 2.24) is 15.5 Å². The van der Waals surface area contributed by atoms with Crippen LogP contribution >= 0.6 is 27.3 Å². The predicted octanol–water partition coefficient (Wildman–Crippen LogP) is 3.39. The van der Waals surface area contributed by atoms with Crippen molar-refractivity contribution in [2.45, 2.75) is 13.0 Å². The molecule has 1 heterocycles. The Morgan fingerprint density at radius 2 is 2.18 bits per heavy atom. The van der Waals surface area contributed by atoms with E-state index >= 15 is 0 Å². The van der Waals surface area contributed by atoms with E-state index in [9.17, 15) is 4.39 Å². The topological polar surface area (TPSA) is 37.8 Å². The summed E-state index contributed by atoms with van der Waals surface area (Å²) in [6, 6.07) is 4.98. The van der Waals surface area contributed by atoms with Gasteiger partial charge in [0.1, 0.15) is 10.8 Å². The first-order valence-corrected chi connectivity index (χ1v) is 6.69. The second-order valence-corrected chi connectivity index (χ2v) is 5.42. The summed E-state index contributed by atoms with van der Waals surface area (Å²) in [5, 5.41) is 12.6. The van der Waals surface area contributed by atoms with E-state index in [0.29, 0.717) is 15.0 Å². The molecule has 1 aromatic carbocycles. The van der Waals surface area contributed by atoms with Crippen LogP contribution in [0.4, 0.5) is 4.39 Å². The van der Waals surface area contributed by atoms with Gasteiger partial charge in [-0.1, -0.05) is 17.4 Å². The predicted molar refractivity (Wildman–Crippen MR) is 70.5 cm³/mol. The Morgan fingerprint density at radius 3 is 2.82 bits per heavy atom. The van der Waals surface area contributed by atoms with Crippen molar-refractivity contribution >= 4 is 27.3 Å². The number of hydrogen-bond acceptors (Lipinski definition) is 4. The Labute approximate surface area is 111 Å². The molecule has 0 aliphatic heterocycles. The van der Waals surface area contributed by atoms with Crippen molar-refractivity contribution in [2.75, 3.05) is 7.05 Å². The van der Waals surface area contributed by atoms with E-state index < -0.39 is 0 Å². The summed E-state index contributed by atoms with van der Waals surface area (Å²) >= 11 is 4.72. The van der Waals surface area contributed by atoms with Crippen molar-refractivity contribution in [3.63, 3.8) is 0 Å². The number of benzene rings is 1. The number of nitrogens with one attached hydrogen (secondary N) is 1. The van der Waals surface area contributed by atoms with E-state index in [1.807, 2.05) is 14.0 Å². The minimum atomic E-state index is -0.292. The van der Waals surface area contributed by atoms with Gasteiger partial charge in [-0.3, -0.25) is 0 Å². The summed E-state index contributed by atoms with van der Waals surface area (Å²) < 4.78 is 14.4. The summed E-state index contributed by atoms with van der Waals surface area (Å²) in [5.74, 6) is -0.292. The molecule has 6 heteroatoms. The first kappa shape index (κ1) is 12.6. The second kappa shape index (κ2) is 5.20. The summed E-state index contributed by atoms with van der Waals surface area (Å²) in [4.78, 5) is 0. The Hall–Kier alpha value is -0.850. The molecule has 2 aromatic rings. The highest BCUT2D eigenvalue weighted by Crippen LogP contribution is 2.33. The maximum absolute atomic E-state index is 13.7. The van der Waals surface area contributed by atoms with Crippen LogP contribution in [0.25, 0.3) is 10.6 Å². The third-order valence-electron chi connectivity index (χ3n) is 2.42. The lowest BCUT2D eigenvalue weighted by Crippen LogP contribution is -2.11. The summed E-state index contributed by atoms with van der Waals surface area (Å²) in [6.45, 7) is 1.99. The van der Waals surface area contributed by atoms with Crippen LogP contribution in [-0.4, -0.2) is 17.2 Å². The molecule has 0 aliphatic rings. The zero-order valence-electron chi connectivity index (χ0n) is 9.37. The van der Waals surface area contributed by atoms with Crippen LogP contribution in [0.2, 0.25) is 0 Å². The minimum absolute atomic E-state index is 0.117. The van der Waals surface area contributed by atoms with E-state index in [4.69, 9.17) is 0 Å². The molecule has 0 fully saturated rings. The van der Waals surface area contributed by atoms with E-state index in [1.165, 1.54) is 17.4 Å². The zero-order valence-corrected chi connectivity index (χ0v) is 11.8. The summed E-state index contributed by atoms with van der Waals surface area (Å²) in [6.07, 6.45) is 0. The van der Waals surface area contributed by atoms with E-state index in [2.05, 4.69) is 31.4 Å². The third kappa shape index (κ3) is 2.53. The minimum Gasteiger partial charge on any atom is -0.311 e. The van der Waals surface area contributed by atoms with Crippen LogP contribution in [0, 0.1) is 5.82 Å². The van der Waals surface area contributed by atoms with Crippen molar-refractivity contribution in [1.29, 1.82) is 0 Å². The Bertz CT molecular complexity index is 509. The number of hydrogen-bond donors (Lipinski definition) is 1. The molecule has 0 bridgehead atoms. The summed E-state index contributed by atoms with van der Waals surface area (Å²) in [7, 11) is 1.85. The fourth-order valence-corrected chi connectivity index (χ4v) is 2.96. The van der Waals surface area contributed by atoms with Gasteiger partial charge < -0.3 is 5.32 Å². The van der Waals surface area contributed by atoms with Gasteiger partial charge in [0.2, 0.25) is 0 Å². The highest BCUT2D eigenvalue weighted by atomic mass is 79.9. The van der Waals surface area contributed by atoms with E-state index in [1.54, 1.807) is 12.1 Å². The molecule has 0 saturated carbocycles. The van der Waals surface area contributed by atoms with Crippen LogP contribution in [0.15, 0.2) is 22.7 Å². The molecule has 2 rings (SSSR count). The maximum atomic E-state index is 13.7. The van der Waals surface area contributed by atoms with Crippen LogP contribution in [0.1, 0.15) is 18.0 Å². The molecule has 1 atom stereocenters. The molecule has 0 saturated heterocycles. The Morgan fingerprint density at radius 1 is 1.41 bits per heavy atom. The molecular weight excluding hydrogens is 305 g/mol. The normalized spacial score (nSPS) is 12.7. The van der Waals surface area contributed by atoms with Crippen molar-refractivity contribution < 1.29 is 4.39 Å². The van der Waals surface area contributed by atoms with Gasteiger partial charge in [0, 0.05) is 4.47 Å². The lowest BCUT2D eigenvalue weighted by molar-refractivity contribution is 0.629. The van der Waals surface area contributed by atoms with E-state index in [-0.39, 0.29) is 11.9 Å². The fraction of sp³-hybridized carbons (Fsp3) is 0.273. The first-order valence-electron chi connectivity index (χ1n) is 5.08. The molecule has 1 N–H and O–H groups in total. The SMILES string of the molecule is CNC(C)c1nnc(-c2c(F)cccc2Br)s1. The largest absolute Gasteiger partial charge is 0.311 e. The van der Waals surface area contributed by atoms with Gasteiger partial charge in [0.15, 0.2) is 5.01 Å². The van der Waals surface area contributed by atoms with Gasteiger partial charge in [0.05, 0.1) is 11.6 Å². The molecule has 17 heavy (non-hydrogen) atoms. The lowest BCUT2D eigenvalue weighted by atomic mass is 10.2. The van der Waals surface area contributed by atoms with Gasteiger partial charge in [-0.25, -0.2) is 4.39 Å². The van der Waals surface area contributed by atoms with Crippen LogP contribution in [-0.2, 0) is 0 Å². The highest BCUT2D eigenvalue weighted by molar-refractivity contribution is 9.10. The molecule has 0 aliphatic carbocycles. The smallest absolute Gasteiger partial charge is 0.151 e. The average Bonchev–Trinajstić information content (AvgIpc) is 2.77. The van der Waals surface area contributed by atoms with Crippen molar-refractivity contribution in [3.8, 4) is 10.6 Å². The standard InChI is InChI=1S/C11H11BrFN3S/c1-6(14-2)10-15-16-11(17-10)9-7(12)4-3-5-8(9)13/h3-6,14H,1-2H3. The van der Waals surface area contributed by atoms with Gasteiger partial charge in [-0.2, -0.15) is 0 Å². The number of halogens is 2. The number of rotatable bonds is 3. The van der Waals surface area contributed by atoms with Gasteiger partial charge in [-0.05, 0) is 42.0 Å². The van der Waals surface area contributed by atoms with Crippen LogP contribution < -0.4 is 5.32 Å².